The molecule has 108 valence electrons. The number of hydrogen-bond acceptors (Lipinski definition) is 2. The number of amides is 2. The van der Waals surface area contributed by atoms with Crippen molar-refractivity contribution in [2.24, 2.45) is 0 Å². The van der Waals surface area contributed by atoms with Crippen molar-refractivity contribution in [1.82, 2.24) is 9.80 Å². The van der Waals surface area contributed by atoms with Gasteiger partial charge < -0.3 is 9.80 Å². The molecule has 0 N–H and O–H groups in total. The summed E-state index contributed by atoms with van der Waals surface area (Å²) in [6, 6.07) is 4.01. The quantitative estimate of drug-likeness (QED) is 0.826. The topological polar surface area (TPSA) is 40.6 Å². The molecule has 5 heteroatoms. The molecule has 20 heavy (non-hydrogen) atoms. The maximum atomic E-state index is 14.0. The number of rotatable bonds is 2. The molecule has 0 aromatic heterocycles. The molecule has 0 unspecified atom stereocenters. The average molecular weight is 278 g/mol. The van der Waals surface area contributed by atoms with Gasteiger partial charge in [0.25, 0.3) is 0 Å². The number of likely N-dealkylation sites (N-methyl/N-ethyl adjacent to an activating group) is 1. The SMILES string of the molecule is Cc1cccc(CN2C(=O)[C@H](C)N(C)C(=O)[C@@H]2C)c1F. The first-order valence-electron chi connectivity index (χ1n) is 6.65. The lowest BCUT2D eigenvalue weighted by Crippen LogP contribution is -2.61. The van der Waals surface area contributed by atoms with Crippen molar-refractivity contribution in [3.05, 3.63) is 35.1 Å². The van der Waals surface area contributed by atoms with Crippen LogP contribution in [0.15, 0.2) is 18.2 Å². The molecular weight excluding hydrogens is 259 g/mol. The zero-order valence-electron chi connectivity index (χ0n) is 12.2. The van der Waals surface area contributed by atoms with Crippen molar-refractivity contribution in [1.29, 1.82) is 0 Å². The number of hydrogen-bond donors (Lipinski definition) is 0. The van der Waals surface area contributed by atoms with Gasteiger partial charge in [-0.05, 0) is 26.3 Å². The first-order valence-corrected chi connectivity index (χ1v) is 6.65. The normalized spacial score (nSPS) is 23.4. The number of carbonyl (C=O) groups excluding carboxylic acids is 2. The van der Waals surface area contributed by atoms with Crippen LogP contribution in [-0.2, 0) is 16.1 Å². The van der Waals surface area contributed by atoms with Gasteiger partial charge in [-0.2, -0.15) is 0 Å². The molecule has 2 atom stereocenters. The van der Waals surface area contributed by atoms with Gasteiger partial charge in [0.2, 0.25) is 11.8 Å². The second-order valence-corrected chi connectivity index (χ2v) is 5.32. The number of aryl methyl sites for hydroxylation is 1. The highest BCUT2D eigenvalue weighted by Crippen LogP contribution is 2.21. The minimum Gasteiger partial charge on any atom is -0.332 e. The van der Waals surface area contributed by atoms with Crippen molar-refractivity contribution in [3.8, 4) is 0 Å². The van der Waals surface area contributed by atoms with Crippen LogP contribution in [-0.4, -0.2) is 40.7 Å². The molecule has 1 aromatic rings. The molecule has 0 saturated carbocycles. The summed E-state index contributed by atoms with van der Waals surface area (Å²) < 4.78 is 14.0. The highest BCUT2D eigenvalue weighted by Gasteiger charge is 2.39. The third kappa shape index (κ3) is 2.28. The average Bonchev–Trinajstić information content (AvgIpc) is 2.43. The molecule has 1 fully saturated rings. The van der Waals surface area contributed by atoms with E-state index in [1.807, 2.05) is 0 Å². The fraction of sp³-hybridized carbons (Fsp3) is 0.467. The fourth-order valence-corrected chi connectivity index (χ4v) is 2.44. The van der Waals surface area contributed by atoms with Gasteiger partial charge in [-0.1, -0.05) is 18.2 Å². The lowest BCUT2D eigenvalue weighted by Gasteiger charge is -2.41. The minimum absolute atomic E-state index is 0.120. The second kappa shape index (κ2) is 5.23. The number of benzene rings is 1. The molecule has 0 aliphatic carbocycles. The summed E-state index contributed by atoms with van der Waals surface area (Å²) in [5.74, 6) is -0.586. The molecule has 1 saturated heterocycles. The molecule has 4 nitrogen and oxygen atoms in total. The Bertz CT molecular complexity index is 559. The Labute approximate surface area is 118 Å². The van der Waals surface area contributed by atoms with Crippen molar-refractivity contribution in [3.63, 3.8) is 0 Å². The highest BCUT2D eigenvalue weighted by molar-refractivity contribution is 5.96. The molecule has 2 rings (SSSR count). The Hall–Kier alpha value is -1.91. The molecule has 1 aromatic carbocycles. The third-order valence-electron chi connectivity index (χ3n) is 4.01. The van der Waals surface area contributed by atoms with Crippen LogP contribution in [0.2, 0.25) is 0 Å². The predicted octanol–water partition coefficient (Wildman–Crippen LogP) is 1.71. The van der Waals surface area contributed by atoms with Crippen molar-refractivity contribution in [2.75, 3.05) is 7.05 Å². The number of halogens is 1. The van der Waals surface area contributed by atoms with E-state index in [-0.39, 0.29) is 24.2 Å². The zero-order valence-corrected chi connectivity index (χ0v) is 12.2. The molecule has 0 radical (unpaired) electrons. The van der Waals surface area contributed by atoms with Crippen LogP contribution in [0.4, 0.5) is 4.39 Å². The van der Waals surface area contributed by atoms with Gasteiger partial charge in [0, 0.05) is 19.2 Å². The fourth-order valence-electron chi connectivity index (χ4n) is 2.44. The smallest absolute Gasteiger partial charge is 0.246 e. The molecule has 0 bridgehead atoms. The summed E-state index contributed by atoms with van der Waals surface area (Å²) in [6.45, 7) is 5.17. The van der Waals surface area contributed by atoms with E-state index in [1.54, 1.807) is 46.0 Å². The van der Waals surface area contributed by atoms with Gasteiger partial charge in [0.15, 0.2) is 0 Å². The summed E-state index contributed by atoms with van der Waals surface area (Å²) in [4.78, 5) is 27.3. The highest BCUT2D eigenvalue weighted by atomic mass is 19.1. The van der Waals surface area contributed by atoms with E-state index in [9.17, 15) is 14.0 Å². The van der Waals surface area contributed by atoms with Gasteiger partial charge in [-0.3, -0.25) is 9.59 Å². The standard InChI is InChI=1S/C15H19FN2O2/c1-9-6-5-7-12(13(9)16)8-18-11(3)14(19)17(4)10(2)15(18)20/h5-7,10-11H,8H2,1-4H3/t10-,11-/m0/s1. The first-order chi connectivity index (χ1) is 9.34. The maximum absolute atomic E-state index is 14.0. The van der Waals surface area contributed by atoms with Gasteiger partial charge in [0.05, 0.1) is 0 Å². The van der Waals surface area contributed by atoms with Gasteiger partial charge >= 0.3 is 0 Å². The zero-order chi connectivity index (χ0) is 15.0. The molecule has 1 aliphatic heterocycles. The van der Waals surface area contributed by atoms with Crippen LogP contribution < -0.4 is 0 Å². The number of nitrogens with zero attached hydrogens (tertiary/aromatic N) is 2. The Morgan fingerprint density at radius 2 is 1.80 bits per heavy atom. The Morgan fingerprint density at radius 1 is 1.15 bits per heavy atom. The summed E-state index contributed by atoms with van der Waals surface area (Å²) in [6.07, 6.45) is 0. The van der Waals surface area contributed by atoms with Crippen LogP contribution in [0.3, 0.4) is 0 Å². The summed E-state index contributed by atoms with van der Waals surface area (Å²) in [5, 5.41) is 0. The Morgan fingerprint density at radius 3 is 2.45 bits per heavy atom. The van der Waals surface area contributed by atoms with E-state index in [2.05, 4.69) is 0 Å². The second-order valence-electron chi connectivity index (χ2n) is 5.32. The summed E-state index contributed by atoms with van der Waals surface area (Å²) in [7, 11) is 1.62. The monoisotopic (exact) mass is 278 g/mol. The third-order valence-corrected chi connectivity index (χ3v) is 4.01. The van der Waals surface area contributed by atoms with Gasteiger partial charge in [-0.15, -0.1) is 0 Å². The van der Waals surface area contributed by atoms with Crippen LogP contribution in [0.25, 0.3) is 0 Å². The van der Waals surface area contributed by atoms with Crippen molar-refractivity contribution >= 4 is 11.8 Å². The summed E-state index contributed by atoms with van der Waals surface area (Å²) >= 11 is 0. The lowest BCUT2D eigenvalue weighted by molar-refractivity contribution is -0.159. The van der Waals surface area contributed by atoms with Crippen LogP contribution in [0.1, 0.15) is 25.0 Å². The van der Waals surface area contributed by atoms with Gasteiger partial charge in [-0.25, -0.2) is 4.39 Å². The number of carbonyl (C=O) groups is 2. The summed E-state index contributed by atoms with van der Waals surface area (Å²) in [5.41, 5.74) is 0.978. The Balaban J connectivity index is 2.30. The van der Waals surface area contributed by atoms with E-state index in [4.69, 9.17) is 0 Å². The predicted molar refractivity (Wildman–Crippen MR) is 73.4 cm³/mol. The molecular formula is C15H19FN2O2. The van der Waals surface area contributed by atoms with Crippen LogP contribution >= 0.6 is 0 Å². The van der Waals surface area contributed by atoms with Crippen molar-refractivity contribution < 1.29 is 14.0 Å². The molecule has 2 amide bonds. The van der Waals surface area contributed by atoms with Crippen molar-refractivity contribution in [2.45, 2.75) is 39.4 Å². The van der Waals surface area contributed by atoms with Crippen LogP contribution in [0, 0.1) is 12.7 Å². The lowest BCUT2D eigenvalue weighted by atomic mass is 10.0. The Kier molecular flexibility index (Phi) is 3.79. The van der Waals surface area contributed by atoms with E-state index in [0.717, 1.165) is 0 Å². The van der Waals surface area contributed by atoms with E-state index >= 15 is 0 Å². The largest absolute Gasteiger partial charge is 0.332 e. The minimum atomic E-state index is -0.566. The van der Waals surface area contributed by atoms with E-state index in [0.29, 0.717) is 11.1 Å². The molecule has 0 spiro atoms. The maximum Gasteiger partial charge on any atom is 0.246 e. The molecule has 1 heterocycles. The number of piperazine rings is 1. The van der Waals surface area contributed by atoms with E-state index in [1.165, 1.54) is 9.80 Å². The van der Waals surface area contributed by atoms with E-state index < -0.39 is 12.1 Å². The van der Waals surface area contributed by atoms with Gasteiger partial charge in [0.1, 0.15) is 17.9 Å². The first kappa shape index (κ1) is 14.5. The molecule has 1 aliphatic rings. The van der Waals surface area contributed by atoms with Crippen LogP contribution in [0.5, 0.6) is 0 Å².